The summed E-state index contributed by atoms with van der Waals surface area (Å²) in [4.78, 5) is 0. The molecule has 0 saturated heterocycles. The zero-order valence-electron chi connectivity index (χ0n) is 4.76. The van der Waals surface area contributed by atoms with Crippen molar-refractivity contribution >= 4 is 11.8 Å². The van der Waals surface area contributed by atoms with Crippen LogP contribution in [-0.4, -0.2) is 12.0 Å². The van der Waals surface area contributed by atoms with E-state index in [1.165, 1.54) is 0 Å². The first-order valence-electron chi connectivity index (χ1n) is 2.22. The fourth-order valence-electron chi connectivity index (χ4n) is 0.383. The van der Waals surface area contributed by atoms with Gasteiger partial charge in [-0.1, -0.05) is 6.61 Å². The van der Waals surface area contributed by atoms with Crippen LogP contribution in [0.2, 0.25) is 0 Å². The van der Waals surface area contributed by atoms with Crippen molar-refractivity contribution in [2.75, 3.05) is 6.61 Å². The van der Waals surface area contributed by atoms with Crippen LogP contribution in [0, 0.1) is 6.08 Å². The Balaban J connectivity index is 0.000000490. The number of thioether (sulfide) groups is 1. The smallest absolute Gasteiger partial charge is 0.0977 e. The van der Waals surface area contributed by atoms with E-state index in [1.54, 1.807) is 11.8 Å². The van der Waals surface area contributed by atoms with Crippen molar-refractivity contribution in [3.8, 4) is 0 Å². The van der Waals surface area contributed by atoms with E-state index in [-0.39, 0.29) is 32.7 Å². The second-order valence-corrected chi connectivity index (χ2v) is 2.51. The fraction of sp³-hybridized carbons (Fsp3) is 0.600. The standard InChI is InChI=1S/C5H7OS.Y/c1-5-6-3-2-4-7-5;/h4-5H,3H2,1H3;/q-1;. The molecule has 0 spiro atoms. The average Bonchev–Trinajstić information content (AvgIpc) is 1.69. The van der Waals surface area contributed by atoms with E-state index in [4.69, 9.17) is 4.74 Å². The van der Waals surface area contributed by atoms with Gasteiger partial charge in [-0.2, -0.15) is 0 Å². The molecule has 1 aliphatic heterocycles. The minimum atomic E-state index is 0. The van der Waals surface area contributed by atoms with Crippen molar-refractivity contribution in [1.82, 2.24) is 0 Å². The molecule has 0 aromatic rings. The van der Waals surface area contributed by atoms with Gasteiger partial charge < -0.3 is 10.8 Å². The number of rotatable bonds is 0. The number of hydrogen-bond donors (Lipinski definition) is 0. The quantitative estimate of drug-likeness (QED) is 0.551. The van der Waals surface area contributed by atoms with Gasteiger partial charge in [0.2, 0.25) is 0 Å². The summed E-state index contributed by atoms with van der Waals surface area (Å²) in [7, 11) is 0. The Labute approximate surface area is 79.1 Å². The van der Waals surface area contributed by atoms with Crippen molar-refractivity contribution in [3.63, 3.8) is 0 Å². The molecule has 0 fully saturated rings. The summed E-state index contributed by atoms with van der Waals surface area (Å²) in [6, 6.07) is 0. The summed E-state index contributed by atoms with van der Waals surface area (Å²) in [6.45, 7) is 2.69. The van der Waals surface area contributed by atoms with E-state index in [2.05, 4.69) is 6.08 Å². The molecule has 0 aliphatic carbocycles. The van der Waals surface area contributed by atoms with Crippen molar-refractivity contribution in [3.05, 3.63) is 11.5 Å². The average molecular weight is 204 g/mol. The maximum Gasteiger partial charge on any atom is 0.0977 e. The molecule has 1 heterocycles. The van der Waals surface area contributed by atoms with Gasteiger partial charge in [0.25, 0.3) is 0 Å². The minimum absolute atomic E-state index is 0. The van der Waals surface area contributed by atoms with Gasteiger partial charge in [0.15, 0.2) is 0 Å². The molecule has 8 heavy (non-hydrogen) atoms. The van der Waals surface area contributed by atoms with Crippen LogP contribution in [0.15, 0.2) is 5.41 Å². The van der Waals surface area contributed by atoms with Gasteiger partial charge in [-0.15, -0.1) is 11.8 Å². The van der Waals surface area contributed by atoms with E-state index in [9.17, 15) is 0 Å². The van der Waals surface area contributed by atoms with Gasteiger partial charge in [-0.05, 0) is 6.92 Å². The topological polar surface area (TPSA) is 9.23 Å². The predicted octanol–water partition coefficient (Wildman–Crippen LogP) is 1.41. The Bertz CT molecular complexity index is 84.5. The van der Waals surface area contributed by atoms with E-state index in [1.807, 2.05) is 12.3 Å². The molecule has 1 aliphatic rings. The SMILES string of the molecule is CC1OC[C-]=CS1.[Y]. The Morgan fingerprint density at radius 1 is 1.88 bits per heavy atom. The van der Waals surface area contributed by atoms with Crippen molar-refractivity contribution in [2.24, 2.45) is 0 Å². The van der Waals surface area contributed by atoms with Gasteiger partial charge in [0.1, 0.15) is 0 Å². The summed E-state index contributed by atoms with van der Waals surface area (Å²) < 4.78 is 5.10. The summed E-state index contributed by atoms with van der Waals surface area (Å²) in [5, 5.41) is 1.95. The first-order chi connectivity index (χ1) is 3.39. The molecule has 0 bridgehead atoms. The van der Waals surface area contributed by atoms with Gasteiger partial charge in [-0.3, -0.25) is 0 Å². The van der Waals surface area contributed by atoms with Crippen LogP contribution in [0.1, 0.15) is 6.92 Å². The Morgan fingerprint density at radius 2 is 2.62 bits per heavy atom. The van der Waals surface area contributed by atoms with E-state index in [0.717, 1.165) is 0 Å². The first-order valence-corrected chi connectivity index (χ1v) is 3.16. The van der Waals surface area contributed by atoms with Crippen LogP contribution in [0.25, 0.3) is 0 Å². The Kier molecular flexibility index (Phi) is 5.70. The second-order valence-electron chi connectivity index (χ2n) is 1.34. The van der Waals surface area contributed by atoms with Crippen molar-refractivity contribution < 1.29 is 37.4 Å². The van der Waals surface area contributed by atoms with E-state index >= 15 is 0 Å². The van der Waals surface area contributed by atoms with Gasteiger partial charge in [0, 0.05) is 32.7 Å². The van der Waals surface area contributed by atoms with Crippen LogP contribution < -0.4 is 0 Å². The third-order valence-electron chi connectivity index (χ3n) is 0.744. The molecular formula is C5H7OSY-. The third kappa shape index (κ3) is 3.23. The Hall–Kier alpha value is 1.15. The molecule has 1 unspecified atom stereocenters. The second kappa shape index (κ2) is 4.98. The van der Waals surface area contributed by atoms with Crippen molar-refractivity contribution in [2.45, 2.75) is 12.4 Å². The third-order valence-corrected chi connectivity index (χ3v) is 1.57. The minimum Gasteiger partial charge on any atom is -0.463 e. The largest absolute Gasteiger partial charge is 0.463 e. The molecule has 0 amide bonds. The van der Waals surface area contributed by atoms with Gasteiger partial charge in [-0.25, -0.2) is 5.41 Å². The monoisotopic (exact) mass is 204 g/mol. The number of hydrogen-bond acceptors (Lipinski definition) is 2. The molecule has 0 aromatic heterocycles. The van der Waals surface area contributed by atoms with Crippen LogP contribution in [0.5, 0.6) is 0 Å². The molecule has 0 N–H and O–H groups in total. The summed E-state index contributed by atoms with van der Waals surface area (Å²) >= 11 is 1.66. The molecule has 1 nitrogen and oxygen atoms in total. The van der Waals surface area contributed by atoms with Crippen LogP contribution >= 0.6 is 11.8 Å². The summed E-state index contributed by atoms with van der Waals surface area (Å²) in [5.74, 6) is 0. The molecule has 43 valence electrons. The zero-order valence-corrected chi connectivity index (χ0v) is 8.41. The Morgan fingerprint density at radius 3 is 2.88 bits per heavy atom. The van der Waals surface area contributed by atoms with Crippen LogP contribution in [-0.2, 0) is 37.4 Å². The predicted molar refractivity (Wildman–Crippen MR) is 30.8 cm³/mol. The zero-order chi connectivity index (χ0) is 5.11. The van der Waals surface area contributed by atoms with E-state index in [0.29, 0.717) is 12.0 Å². The molecule has 3 heteroatoms. The van der Waals surface area contributed by atoms with E-state index < -0.39 is 0 Å². The number of ether oxygens (including phenoxy) is 1. The molecule has 1 rings (SSSR count). The molecule has 0 saturated carbocycles. The normalized spacial score (nSPS) is 26.9. The molecule has 0 aromatic carbocycles. The molecule has 1 atom stereocenters. The maximum absolute atomic E-state index is 5.10. The summed E-state index contributed by atoms with van der Waals surface area (Å²) in [6.07, 6.45) is 2.93. The van der Waals surface area contributed by atoms with Crippen LogP contribution in [0.3, 0.4) is 0 Å². The fourth-order valence-corrected chi connectivity index (χ4v) is 0.885. The van der Waals surface area contributed by atoms with Crippen molar-refractivity contribution in [1.29, 1.82) is 0 Å². The summed E-state index contributed by atoms with van der Waals surface area (Å²) in [5.41, 5.74) is 0.334. The first kappa shape index (κ1) is 9.15. The maximum atomic E-state index is 5.10. The molecule has 1 radical (unpaired) electrons. The van der Waals surface area contributed by atoms with Gasteiger partial charge >= 0.3 is 0 Å². The van der Waals surface area contributed by atoms with Gasteiger partial charge in [0.05, 0.1) is 5.44 Å². The van der Waals surface area contributed by atoms with Crippen LogP contribution in [0.4, 0.5) is 0 Å². The molecular weight excluding hydrogens is 197 g/mol.